The lowest BCUT2D eigenvalue weighted by Crippen LogP contribution is -2.23. The van der Waals surface area contributed by atoms with E-state index < -0.39 is 12.1 Å². The molecule has 0 spiro atoms. The van der Waals surface area contributed by atoms with E-state index in [1.165, 1.54) is 0 Å². The molecule has 0 radical (unpaired) electrons. The Kier molecular flexibility index (Phi) is 3.73. The van der Waals surface area contributed by atoms with Gasteiger partial charge in [0.05, 0.1) is 0 Å². The van der Waals surface area contributed by atoms with E-state index in [9.17, 15) is 13.2 Å². The first-order chi connectivity index (χ1) is 9.00. The summed E-state index contributed by atoms with van der Waals surface area (Å²) in [7, 11) is 0. The van der Waals surface area contributed by atoms with Crippen molar-refractivity contribution < 1.29 is 17.7 Å². The molecule has 1 heterocycles. The van der Waals surface area contributed by atoms with Gasteiger partial charge in [0.1, 0.15) is 0 Å². The molecule has 0 aliphatic rings. The van der Waals surface area contributed by atoms with Gasteiger partial charge < -0.3 is 9.42 Å². The molecule has 7 heteroatoms. The monoisotopic (exact) mass is 271 g/mol. The SMILES string of the molecule is CCN(Cc1ccccc1)c1noc(C(F)(F)F)n1. The molecule has 0 N–H and O–H groups in total. The molecule has 19 heavy (non-hydrogen) atoms. The number of aromatic nitrogens is 2. The van der Waals surface area contributed by atoms with Crippen LogP contribution in [0.1, 0.15) is 18.4 Å². The highest BCUT2D eigenvalue weighted by atomic mass is 19.4. The van der Waals surface area contributed by atoms with Crippen molar-refractivity contribution in [2.45, 2.75) is 19.6 Å². The van der Waals surface area contributed by atoms with Gasteiger partial charge in [-0.15, -0.1) is 0 Å². The van der Waals surface area contributed by atoms with Gasteiger partial charge in [-0.1, -0.05) is 30.3 Å². The van der Waals surface area contributed by atoms with Gasteiger partial charge >= 0.3 is 12.1 Å². The number of benzene rings is 1. The first-order valence-electron chi connectivity index (χ1n) is 5.70. The smallest absolute Gasteiger partial charge is 0.334 e. The molecule has 4 nitrogen and oxygen atoms in total. The first kappa shape index (κ1) is 13.4. The van der Waals surface area contributed by atoms with Gasteiger partial charge in [0.25, 0.3) is 5.95 Å². The lowest BCUT2D eigenvalue weighted by Gasteiger charge is -2.17. The summed E-state index contributed by atoms with van der Waals surface area (Å²) >= 11 is 0. The molecule has 0 unspecified atom stereocenters. The minimum atomic E-state index is -4.61. The van der Waals surface area contributed by atoms with Crippen LogP contribution in [0.3, 0.4) is 0 Å². The Bertz CT molecular complexity index is 525. The zero-order chi connectivity index (χ0) is 13.9. The van der Waals surface area contributed by atoms with Gasteiger partial charge in [-0.05, 0) is 17.6 Å². The van der Waals surface area contributed by atoms with E-state index in [-0.39, 0.29) is 5.95 Å². The van der Waals surface area contributed by atoms with Crippen molar-refractivity contribution in [3.05, 3.63) is 41.8 Å². The van der Waals surface area contributed by atoms with Crippen LogP contribution in [0, 0.1) is 0 Å². The maximum absolute atomic E-state index is 12.4. The van der Waals surface area contributed by atoms with Crippen LogP contribution in [0.5, 0.6) is 0 Å². The third kappa shape index (κ3) is 3.24. The topological polar surface area (TPSA) is 42.2 Å². The fraction of sp³-hybridized carbons (Fsp3) is 0.333. The Balaban J connectivity index is 2.16. The van der Waals surface area contributed by atoms with Gasteiger partial charge in [-0.25, -0.2) is 0 Å². The highest BCUT2D eigenvalue weighted by Gasteiger charge is 2.38. The normalized spacial score (nSPS) is 11.6. The largest absolute Gasteiger partial charge is 0.471 e. The molecule has 1 aromatic heterocycles. The van der Waals surface area contributed by atoms with Crippen LogP contribution < -0.4 is 4.90 Å². The van der Waals surface area contributed by atoms with Crippen LogP contribution in [0.15, 0.2) is 34.9 Å². The molecule has 0 saturated heterocycles. The van der Waals surface area contributed by atoms with Gasteiger partial charge in [0.2, 0.25) is 0 Å². The van der Waals surface area contributed by atoms with Crippen molar-refractivity contribution in [3.63, 3.8) is 0 Å². The van der Waals surface area contributed by atoms with Crippen molar-refractivity contribution in [2.75, 3.05) is 11.4 Å². The van der Waals surface area contributed by atoms with Gasteiger partial charge in [0.15, 0.2) is 0 Å². The third-order valence-electron chi connectivity index (χ3n) is 2.54. The Morgan fingerprint density at radius 1 is 1.21 bits per heavy atom. The van der Waals surface area contributed by atoms with E-state index in [0.29, 0.717) is 13.1 Å². The van der Waals surface area contributed by atoms with Crippen molar-refractivity contribution >= 4 is 5.95 Å². The summed E-state index contributed by atoms with van der Waals surface area (Å²) in [5.41, 5.74) is 0.961. The van der Waals surface area contributed by atoms with E-state index in [1.54, 1.807) is 4.90 Å². The van der Waals surface area contributed by atoms with E-state index in [1.807, 2.05) is 37.3 Å². The van der Waals surface area contributed by atoms with Crippen LogP contribution in [0.2, 0.25) is 0 Å². The first-order valence-corrected chi connectivity index (χ1v) is 5.70. The van der Waals surface area contributed by atoms with Crippen LogP contribution in [0.25, 0.3) is 0 Å². The second kappa shape index (κ2) is 5.29. The van der Waals surface area contributed by atoms with E-state index in [2.05, 4.69) is 14.7 Å². The molecule has 0 atom stereocenters. The number of anilines is 1. The number of hydrogen-bond donors (Lipinski definition) is 0. The predicted octanol–water partition coefficient (Wildman–Crippen LogP) is 3.11. The Labute approximate surface area is 107 Å². The molecule has 0 amide bonds. The van der Waals surface area contributed by atoms with E-state index in [4.69, 9.17) is 0 Å². The fourth-order valence-electron chi connectivity index (χ4n) is 1.59. The van der Waals surface area contributed by atoms with E-state index >= 15 is 0 Å². The second-order valence-electron chi connectivity index (χ2n) is 3.90. The minimum Gasteiger partial charge on any atom is -0.334 e. The van der Waals surface area contributed by atoms with Crippen LogP contribution in [-0.2, 0) is 12.7 Å². The summed E-state index contributed by atoms with van der Waals surface area (Å²) < 4.78 is 41.4. The summed E-state index contributed by atoms with van der Waals surface area (Å²) in [5, 5.41) is 3.37. The number of hydrogen-bond acceptors (Lipinski definition) is 4. The predicted molar refractivity (Wildman–Crippen MR) is 62.5 cm³/mol. The average Bonchev–Trinajstić information content (AvgIpc) is 2.86. The highest BCUT2D eigenvalue weighted by molar-refractivity contribution is 5.30. The summed E-state index contributed by atoms with van der Waals surface area (Å²) in [6.45, 7) is 2.71. The van der Waals surface area contributed by atoms with Crippen LogP contribution in [-0.4, -0.2) is 16.7 Å². The number of alkyl halides is 3. The Morgan fingerprint density at radius 3 is 2.42 bits per heavy atom. The summed E-state index contributed by atoms with van der Waals surface area (Å²) in [5.74, 6) is -1.38. The molecule has 1 aromatic carbocycles. The molecule has 2 aromatic rings. The van der Waals surface area contributed by atoms with Crippen molar-refractivity contribution in [1.29, 1.82) is 0 Å². The third-order valence-corrected chi connectivity index (χ3v) is 2.54. The zero-order valence-corrected chi connectivity index (χ0v) is 10.2. The summed E-state index contributed by atoms with van der Waals surface area (Å²) in [6, 6.07) is 9.36. The van der Waals surface area contributed by atoms with Gasteiger partial charge in [0, 0.05) is 13.1 Å². The minimum absolute atomic E-state index is 0.0568. The zero-order valence-electron chi connectivity index (χ0n) is 10.2. The van der Waals surface area contributed by atoms with Crippen molar-refractivity contribution in [2.24, 2.45) is 0 Å². The number of rotatable bonds is 4. The Hall–Kier alpha value is -2.05. The molecule has 102 valence electrons. The van der Waals surface area contributed by atoms with Crippen molar-refractivity contribution in [1.82, 2.24) is 10.1 Å². The number of nitrogens with zero attached hydrogens (tertiary/aromatic N) is 3. The molecule has 0 bridgehead atoms. The molecule has 0 aliphatic carbocycles. The van der Waals surface area contributed by atoms with Crippen LogP contribution in [0.4, 0.5) is 19.1 Å². The van der Waals surface area contributed by atoms with Crippen molar-refractivity contribution in [3.8, 4) is 0 Å². The molecule has 0 fully saturated rings. The number of halogens is 3. The van der Waals surface area contributed by atoms with Crippen LogP contribution >= 0.6 is 0 Å². The maximum atomic E-state index is 12.4. The quantitative estimate of drug-likeness (QED) is 0.856. The summed E-state index contributed by atoms with van der Waals surface area (Å²) in [4.78, 5) is 4.98. The Morgan fingerprint density at radius 2 is 1.89 bits per heavy atom. The molecular weight excluding hydrogens is 259 g/mol. The standard InChI is InChI=1S/C12H12F3N3O/c1-2-18(8-9-6-4-3-5-7-9)11-16-10(19-17-11)12(13,14)15/h3-7H,2,8H2,1H3. The molecule has 2 rings (SSSR count). The molecular formula is C12H12F3N3O. The molecule has 0 saturated carbocycles. The maximum Gasteiger partial charge on any atom is 0.471 e. The second-order valence-corrected chi connectivity index (χ2v) is 3.90. The lowest BCUT2D eigenvalue weighted by atomic mass is 10.2. The highest BCUT2D eigenvalue weighted by Crippen LogP contribution is 2.29. The summed E-state index contributed by atoms with van der Waals surface area (Å²) in [6.07, 6.45) is -4.61. The van der Waals surface area contributed by atoms with Gasteiger partial charge in [-0.2, -0.15) is 18.2 Å². The van der Waals surface area contributed by atoms with E-state index in [0.717, 1.165) is 5.56 Å². The lowest BCUT2D eigenvalue weighted by molar-refractivity contribution is -0.159. The molecule has 0 aliphatic heterocycles. The fourth-order valence-corrected chi connectivity index (χ4v) is 1.59. The van der Waals surface area contributed by atoms with Gasteiger partial charge in [-0.3, -0.25) is 0 Å². The average molecular weight is 271 g/mol.